The zero-order chi connectivity index (χ0) is 11.0. The fourth-order valence-electron chi connectivity index (χ4n) is 1.51. The SMILES string of the molecule is COC(=O)c1cc2c(cc1F)C(=O)NC2. The molecule has 0 saturated carbocycles. The Bertz CT molecular complexity index is 456. The van der Waals surface area contributed by atoms with Crippen LogP contribution in [0, 0.1) is 5.82 Å². The Balaban J connectivity index is 2.53. The van der Waals surface area contributed by atoms with Crippen LogP contribution in [0.15, 0.2) is 12.1 Å². The highest BCUT2D eigenvalue weighted by molar-refractivity contribution is 6.00. The number of fused-ring (bicyclic) bond motifs is 1. The second-order valence-electron chi connectivity index (χ2n) is 3.16. The summed E-state index contributed by atoms with van der Waals surface area (Å²) in [6, 6.07) is 2.40. The molecule has 1 aromatic carbocycles. The molecule has 1 aromatic rings. The van der Waals surface area contributed by atoms with Gasteiger partial charge in [0.15, 0.2) is 0 Å². The molecule has 0 saturated heterocycles. The summed E-state index contributed by atoms with van der Waals surface area (Å²) in [7, 11) is 1.18. The first-order valence-electron chi connectivity index (χ1n) is 4.32. The van der Waals surface area contributed by atoms with Gasteiger partial charge in [0, 0.05) is 12.1 Å². The van der Waals surface area contributed by atoms with E-state index in [1.165, 1.54) is 13.2 Å². The van der Waals surface area contributed by atoms with Crippen molar-refractivity contribution in [2.24, 2.45) is 0 Å². The van der Waals surface area contributed by atoms with Gasteiger partial charge in [-0.1, -0.05) is 0 Å². The predicted octanol–water partition coefficient (Wildman–Crippen LogP) is 0.856. The van der Waals surface area contributed by atoms with Crippen LogP contribution in [0.4, 0.5) is 4.39 Å². The van der Waals surface area contributed by atoms with E-state index in [1.54, 1.807) is 0 Å². The van der Waals surface area contributed by atoms with Crippen molar-refractivity contribution in [2.75, 3.05) is 7.11 Å². The largest absolute Gasteiger partial charge is 0.465 e. The Labute approximate surface area is 85.0 Å². The smallest absolute Gasteiger partial charge is 0.340 e. The van der Waals surface area contributed by atoms with Crippen LogP contribution < -0.4 is 5.32 Å². The molecule has 5 heteroatoms. The van der Waals surface area contributed by atoms with Gasteiger partial charge < -0.3 is 10.1 Å². The normalized spacial score (nSPS) is 13.3. The third-order valence-electron chi connectivity index (χ3n) is 2.28. The molecule has 0 atom stereocenters. The van der Waals surface area contributed by atoms with Crippen LogP contribution in [0.3, 0.4) is 0 Å². The highest BCUT2D eigenvalue weighted by atomic mass is 19.1. The molecular weight excluding hydrogens is 201 g/mol. The van der Waals surface area contributed by atoms with E-state index in [9.17, 15) is 14.0 Å². The lowest BCUT2D eigenvalue weighted by atomic mass is 10.1. The molecule has 78 valence electrons. The third-order valence-corrected chi connectivity index (χ3v) is 2.28. The van der Waals surface area contributed by atoms with Crippen molar-refractivity contribution in [3.05, 3.63) is 34.6 Å². The van der Waals surface area contributed by atoms with Crippen LogP contribution in [0.5, 0.6) is 0 Å². The molecule has 1 amide bonds. The molecular formula is C10H8FNO3. The number of carbonyl (C=O) groups is 2. The monoisotopic (exact) mass is 209 g/mol. The minimum absolute atomic E-state index is 0.146. The van der Waals surface area contributed by atoms with E-state index in [1.807, 2.05) is 0 Å². The molecule has 0 bridgehead atoms. The maximum atomic E-state index is 13.4. The lowest BCUT2D eigenvalue weighted by Gasteiger charge is -2.03. The van der Waals surface area contributed by atoms with Crippen LogP contribution in [0.2, 0.25) is 0 Å². The van der Waals surface area contributed by atoms with Crippen molar-refractivity contribution in [3.8, 4) is 0 Å². The average Bonchev–Trinajstić information content (AvgIpc) is 2.58. The minimum atomic E-state index is -0.741. The standard InChI is InChI=1S/C10H8FNO3/c1-15-10(14)7-2-5-4-12-9(13)6(5)3-8(7)11/h2-3H,4H2,1H3,(H,12,13). The van der Waals surface area contributed by atoms with E-state index < -0.39 is 11.8 Å². The van der Waals surface area contributed by atoms with Gasteiger partial charge >= 0.3 is 5.97 Å². The number of rotatable bonds is 1. The Kier molecular flexibility index (Phi) is 2.15. The molecule has 0 radical (unpaired) electrons. The van der Waals surface area contributed by atoms with Crippen LogP contribution in [0.25, 0.3) is 0 Å². The fourth-order valence-corrected chi connectivity index (χ4v) is 1.51. The number of esters is 1. The summed E-state index contributed by atoms with van der Waals surface area (Å²) in [5.74, 6) is -1.80. The maximum Gasteiger partial charge on any atom is 0.340 e. The molecule has 0 spiro atoms. The lowest BCUT2D eigenvalue weighted by molar-refractivity contribution is 0.0595. The summed E-state index contributed by atoms with van der Waals surface area (Å²) in [5, 5.41) is 2.54. The van der Waals surface area contributed by atoms with Gasteiger partial charge in [-0.2, -0.15) is 0 Å². The first kappa shape index (κ1) is 9.64. The third kappa shape index (κ3) is 1.45. The van der Waals surface area contributed by atoms with E-state index in [2.05, 4.69) is 10.1 Å². The average molecular weight is 209 g/mol. The number of methoxy groups -OCH3 is 1. The molecule has 15 heavy (non-hydrogen) atoms. The van der Waals surface area contributed by atoms with Gasteiger partial charge in [-0.25, -0.2) is 9.18 Å². The Hall–Kier alpha value is -1.91. The number of halogens is 1. The van der Waals surface area contributed by atoms with Crippen LogP contribution in [0.1, 0.15) is 26.3 Å². The highest BCUT2D eigenvalue weighted by Gasteiger charge is 2.23. The van der Waals surface area contributed by atoms with Gasteiger partial charge in [0.2, 0.25) is 0 Å². The number of carbonyl (C=O) groups excluding carboxylic acids is 2. The molecule has 0 unspecified atom stereocenters. The molecule has 1 aliphatic heterocycles. The van der Waals surface area contributed by atoms with Crippen molar-refractivity contribution >= 4 is 11.9 Å². The van der Waals surface area contributed by atoms with Gasteiger partial charge in [0.1, 0.15) is 5.82 Å². The first-order chi connectivity index (χ1) is 7.13. The minimum Gasteiger partial charge on any atom is -0.465 e. The number of benzene rings is 1. The quantitative estimate of drug-likeness (QED) is 0.698. The van der Waals surface area contributed by atoms with E-state index in [0.29, 0.717) is 12.1 Å². The van der Waals surface area contributed by atoms with Crippen molar-refractivity contribution in [1.29, 1.82) is 0 Å². The number of amides is 1. The van der Waals surface area contributed by atoms with Gasteiger partial charge in [-0.05, 0) is 17.7 Å². The fraction of sp³-hybridized carbons (Fsp3) is 0.200. The van der Waals surface area contributed by atoms with Gasteiger partial charge in [0.05, 0.1) is 12.7 Å². The summed E-state index contributed by atoms with van der Waals surface area (Å²) in [6.07, 6.45) is 0. The molecule has 2 rings (SSSR count). The number of nitrogens with one attached hydrogen (secondary N) is 1. The van der Waals surface area contributed by atoms with E-state index >= 15 is 0 Å². The zero-order valence-electron chi connectivity index (χ0n) is 7.96. The van der Waals surface area contributed by atoms with E-state index in [0.717, 1.165) is 6.07 Å². The summed E-state index contributed by atoms with van der Waals surface area (Å²) in [6.45, 7) is 0.318. The highest BCUT2D eigenvalue weighted by Crippen LogP contribution is 2.20. The summed E-state index contributed by atoms with van der Waals surface area (Å²) in [5.41, 5.74) is 0.745. The summed E-state index contributed by atoms with van der Waals surface area (Å²) < 4.78 is 17.8. The topological polar surface area (TPSA) is 55.4 Å². The van der Waals surface area contributed by atoms with Gasteiger partial charge in [0.25, 0.3) is 5.91 Å². The second-order valence-corrected chi connectivity index (χ2v) is 3.16. The van der Waals surface area contributed by atoms with Crippen molar-refractivity contribution in [1.82, 2.24) is 5.32 Å². The maximum absolute atomic E-state index is 13.4. The summed E-state index contributed by atoms with van der Waals surface area (Å²) >= 11 is 0. The summed E-state index contributed by atoms with van der Waals surface area (Å²) in [4.78, 5) is 22.3. The van der Waals surface area contributed by atoms with E-state index in [4.69, 9.17) is 0 Å². The van der Waals surface area contributed by atoms with Crippen molar-refractivity contribution < 1.29 is 18.7 Å². The van der Waals surface area contributed by atoms with Gasteiger partial charge in [-0.3, -0.25) is 4.79 Å². The molecule has 1 aliphatic rings. The number of hydrogen-bond acceptors (Lipinski definition) is 3. The van der Waals surface area contributed by atoms with E-state index in [-0.39, 0.29) is 17.0 Å². The Morgan fingerprint density at radius 2 is 2.27 bits per heavy atom. The van der Waals surface area contributed by atoms with Gasteiger partial charge in [-0.15, -0.1) is 0 Å². The molecule has 4 nitrogen and oxygen atoms in total. The first-order valence-corrected chi connectivity index (χ1v) is 4.32. The molecule has 0 fully saturated rings. The van der Waals surface area contributed by atoms with Crippen LogP contribution >= 0.6 is 0 Å². The molecule has 0 aromatic heterocycles. The number of hydrogen-bond donors (Lipinski definition) is 1. The number of ether oxygens (including phenoxy) is 1. The lowest BCUT2D eigenvalue weighted by Crippen LogP contribution is -2.12. The molecule has 1 heterocycles. The molecule has 1 N–H and O–H groups in total. The zero-order valence-corrected chi connectivity index (χ0v) is 7.96. The molecule has 0 aliphatic carbocycles. The van der Waals surface area contributed by atoms with Crippen molar-refractivity contribution in [3.63, 3.8) is 0 Å². The Morgan fingerprint density at radius 3 is 2.93 bits per heavy atom. The van der Waals surface area contributed by atoms with Crippen LogP contribution in [-0.2, 0) is 11.3 Å². The second kappa shape index (κ2) is 3.34. The van der Waals surface area contributed by atoms with Crippen LogP contribution in [-0.4, -0.2) is 19.0 Å². The predicted molar refractivity (Wildman–Crippen MR) is 48.9 cm³/mol. The Morgan fingerprint density at radius 1 is 1.53 bits per heavy atom. The van der Waals surface area contributed by atoms with Crippen molar-refractivity contribution in [2.45, 2.75) is 6.54 Å².